The average molecular weight is 451 g/mol. The minimum absolute atomic E-state index is 0.256. The summed E-state index contributed by atoms with van der Waals surface area (Å²) in [5.41, 5.74) is 6.46. The molecule has 2 rings (SSSR count). The zero-order chi connectivity index (χ0) is 17.2. The lowest BCUT2D eigenvalue weighted by Gasteiger charge is -2.29. The standard InChI is InChI=1S/C15H16F2IN3OS/c1-8-10(7-22-21-8)13(23)6-15(2,20-14(18)19)11-4-3-9(16)5-12(11)17/h3-5,7,13,23H,6H2,1-2H3,(H2,19,20)/t13-,15-/m0/s1. The van der Waals surface area contributed by atoms with Crippen LogP contribution in [-0.2, 0) is 5.54 Å². The van der Waals surface area contributed by atoms with Gasteiger partial charge in [-0.1, -0.05) is 11.2 Å². The number of aryl methyl sites for hydroxylation is 1. The molecule has 8 heteroatoms. The molecule has 0 aliphatic rings. The van der Waals surface area contributed by atoms with E-state index in [1.807, 2.05) is 22.6 Å². The summed E-state index contributed by atoms with van der Waals surface area (Å²) in [6.07, 6.45) is 1.84. The summed E-state index contributed by atoms with van der Waals surface area (Å²) in [5.74, 6) is -1.31. The van der Waals surface area contributed by atoms with Gasteiger partial charge in [-0.2, -0.15) is 12.6 Å². The highest BCUT2D eigenvalue weighted by molar-refractivity contribution is 14.1. The van der Waals surface area contributed by atoms with Gasteiger partial charge in [0.1, 0.15) is 17.9 Å². The summed E-state index contributed by atoms with van der Waals surface area (Å²) < 4.78 is 32.7. The van der Waals surface area contributed by atoms with Crippen molar-refractivity contribution in [2.24, 2.45) is 10.7 Å². The Morgan fingerprint density at radius 2 is 2.22 bits per heavy atom. The molecule has 0 bridgehead atoms. The van der Waals surface area contributed by atoms with Crippen molar-refractivity contribution >= 4 is 39.1 Å². The topological polar surface area (TPSA) is 64.4 Å². The second-order valence-electron chi connectivity index (χ2n) is 5.41. The molecule has 2 aromatic rings. The molecule has 0 saturated carbocycles. The fourth-order valence-electron chi connectivity index (χ4n) is 2.48. The van der Waals surface area contributed by atoms with Crippen LogP contribution < -0.4 is 5.73 Å². The summed E-state index contributed by atoms with van der Waals surface area (Å²) in [4.78, 5) is 4.37. The van der Waals surface area contributed by atoms with Gasteiger partial charge in [-0.25, -0.2) is 8.78 Å². The summed E-state index contributed by atoms with van der Waals surface area (Å²) in [6, 6.07) is 3.42. The number of hydrogen-bond donors (Lipinski definition) is 2. The summed E-state index contributed by atoms with van der Waals surface area (Å²) in [5, 5.41) is 3.52. The average Bonchev–Trinajstić information content (AvgIpc) is 2.83. The predicted octanol–water partition coefficient (Wildman–Crippen LogP) is 4.29. The van der Waals surface area contributed by atoms with Gasteiger partial charge >= 0.3 is 0 Å². The number of aliphatic imine (C=N–C) groups is 1. The third-order valence-corrected chi connectivity index (χ3v) is 4.30. The first-order valence-electron chi connectivity index (χ1n) is 6.78. The summed E-state index contributed by atoms with van der Waals surface area (Å²) in [6.45, 7) is 3.54. The van der Waals surface area contributed by atoms with Crippen molar-refractivity contribution in [2.45, 2.75) is 31.1 Å². The number of nitrogens with two attached hydrogens (primary N) is 1. The van der Waals surface area contributed by atoms with Gasteiger partial charge in [-0.3, -0.25) is 4.99 Å². The molecule has 1 heterocycles. The SMILES string of the molecule is Cc1nocc1[C@@H](S)C[C@](C)(/N=C(/N)I)c1ccc(F)cc1F. The third kappa shape index (κ3) is 4.23. The monoisotopic (exact) mass is 451 g/mol. The fourth-order valence-corrected chi connectivity index (χ4v) is 3.62. The van der Waals surface area contributed by atoms with E-state index in [1.54, 1.807) is 13.8 Å². The lowest BCUT2D eigenvalue weighted by atomic mass is 9.86. The predicted molar refractivity (Wildman–Crippen MR) is 96.9 cm³/mol. The van der Waals surface area contributed by atoms with Crippen LogP contribution in [-0.4, -0.2) is 9.00 Å². The number of aromatic nitrogens is 1. The lowest BCUT2D eigenvalue weighted by Crippen LogP contribution is -2.25. The fraction of sp³-hybridized carbons (Fsp3) is 0.333. The number of amidine groups is 1. The van der Waals surface area contributed by atoms with Crippen molar-refractivity contribution in [3.05, 3.63) is 52.9 Å². The number of thiol groups is 1. The highest BCUT2D eigenvalue weighted by Crippen LogP contribution is 2.40. The zero-order valence-corrected chi connectivity index (χ0v) is 15.6. The number of rotatable bonds is 5. The molecule has 23 heavy (non-hydrogen) atoms. The van der Waals surface area contributed by atoms with E-state index in [1.165, 1.54) is 18.4 Å². The van der Waals surface area contributed by atoms with Gasteiger partial charge in [0.2, 0.25) is 0 Å². The Balaban J connectivity index is 2.44. The quantitative estimate of drug-likeness (QED) is 0.235. The van der Waals surface area contributed by atoms with E-state index in [4.69, 9.17) is 10.3 Å². The van der Waals surface area contributed by atoms with E-state index in [-0.39, 0.29) is 14.7 Å². The molecule has 1 aromatic heterocycles. The highest BCUT2D eigenvalue weighted by Gasteiger charge is 2.33. The van der Waals surface area contributed by atoms with Crippen LogP contribution in [0.3, 0.4) is 0 Å². The number of nitrogens with zero attached hydrogens (tertiary/aromatic N) is 2. The molecule has 0 fully saturated rings. The van der Waals surface area contributed by atoms with Crippen molar-refractivity contribution in [3.63, 3.8) is 0 Å². The van der Waals surface area contributed by atoms with Gasteiger partial charge in [0, 0.05) is 22.4 Å². The van der Waals surface area contributed by atoms with E-state index in [0.717, 1.165) is 11.6 Å². The van der Waals surface area contributed by atoms with Crippen LogP contribution in [0, 0.1) is 18.6 Å². The maximum atomic E-state index is 14.3. The van der Waals surface area contributed by atoms with Gasteiger partial charge < -0.3 is 10.3 Å². The molecule has 0 unspecified atom stereocenters. The summed E-state index contributed by atoms with van der Waals surface area (Å²) >= 11 is 6.42. The molecule has 0 amide bonds. The van der Waals surface area contributed by atoms with Gasteiger partial charge in [0.15, 0.2) is 3.84 Å². The lowest BCUT2D eigenvalue weighted by molar-refractivity contribution is 0.411. The van der Waals surface area contributed by atoms with Crippen LogP contribution in [0.2, 0.25) is 0 Å². The van der Waals surface area contributed by atoms with Crippen molar-refractivity contribution in [2.75, 3.05) is 0 Å². The Bertz CT molecular complexity index is 733. The largest absolute Gasteiger partial charge is 0.379 e. The molecule has 0 spiro atoms. The van der Waals surface area contributed by atoms with E-state index in [9.17, 15) is 8.78 Å². The molecular weight excluding hydrogens is 435 g/mol. The van der Waals surface area contributed by atoms with Gasteiger partial charge in [-0.05, 0) is 48.9 Å². The second kappa shape index (κ2) is 7.16. The summed E-state index contributed by atoms with van der Waals surface area (Å²) in [7, 11) is 0. The highest BCUT2D eigenvalue weighted by atomic mass is 127. The second-order valence-corrected chi connectivity index (χ2v) is 7.14. The van der Waals surface area contributed by atoms with Gasteiger partial charge in [0.25, 0.3) is 0 Å². The molecule has 0 saturated heterocycles. The van der Waals surface area contributed by atoms with Crippen LogP contribution in [0.5, 0.6) is 0 Å². The minimum atomic E-state index is -1.00. The molecule has 1 aromatic carbocycles. The zero-order valence-electron chi connectivity index (χ0n) is 12.6. The number of halogens is 3. The number of benzene rings is 1. The first-order chi connectivity index (χ1) is 10.7. The Morgan fingerprint density at radius 1 is 1.52 bits per heavy atom. The van der Waals surface area contributed by atoms with Gasteiger partial charge in [0.05, 0.1) is 11.2 Å². The molecule has 2 N–H and O–H groups in total. The van der Waals surface area contributed by atoms with Crippen molar-refractivity contribution in [1.29, 1.82) is 0 Å². The van der Waals surface area contributed by atoms with E-state index in [0.29, 0.717) is 12.1 Å². The van der Waals surface area contributed by atoms with E-state index >= 15 is 0 Å². The molecule has 0 aliphatic heterocycles. The molecule has 2 atom stereocenters. The minimum Gasteiger partial charge on any atom is -0.379 e. The van der Waals surface area contributed by atoms with Crippen LogP contribution >= 0.6 is 35.2 Å². The first-order valence-corrected chi connectivity index (χ1v) is 8.38. The normalized spacial score (nSPS) is 16.2. The molecule has 0 aliphatic carbocycles. The molecular formula is C15H16F2IN3OS. The van der Waals surface area contributed by atoms with E-state index in [2.05, 4.69) is 22.8 Å². The van der Waals surface area contributed by atoms with Crippen LogP contribution in [0.15, 0.2) is 34.0 Å². The molecule has 0 radical (unpaired) electrons. The Labute approximate surface area is 152 Å². The molecule has 4 nitrogen and oxygen atoms in total. The first kappa shape index (κ1) is 18.2. The maximum Gasteiger partial charge on any atom is 0.158 e. The number of hydrogen-bond acceptors (Lipinski definition) is 4. The smallest absolute Gasteiger partial charge is 0.158 e. The van der Waals surface area contributed by atoms with Crippen molar-refractivity contribution in [1.82, 2.24) is 5.16 Å². The van der Waals surface area contributed by atoms with Crippen molar-refractivity contribution in [3.8, 4) is 0 Å². The Kier molecular flexibility index (Phi) is 5.66. The maximum absolute atomic E-state index is 14.3. The third-order valence-electron chi connectivity index (χ3n) is 3.60. The van der Waals surface area contributed by atoms with Gasteiger partial charge in [-0.15, -0.1) is 0 Å². The Morgan fingerprint density at radius 3 is 2.74 bits per heavy atom. The van der Waals surface area contributed by atoms with Crippen molar-refractivity contribution < 1.29 is 13.3 Å². The molecule has 124 valence electrons. The Hall–Kier alpha value is -1.16. The van der Waals surface area contributed by atoms with E-state index < -0.39 is 17.2 Å². The van der Waals surface area contributed by atoms with Crippen LogP contribution in [0.4, 0.5) is 8.78 Å². The van der Waals surface area contributed by atoms with Crippen LogP contribution in [0.1, 0.15) is 35.4 Å². The van der Waals surface area contributed by atoms with Crippen LogP contribution in [0.25, 0.3) is 0 Å².